The van der Waals surface area contributed by atoms with Crippen LogP contribution in [0.2, 0.25) is 39.3 Å². The molecule has 5 heterocycles. The van der Waals surface area contributed by atoms with Crippen LogP contribution in [0, 0.1) is 22.9 Å². The van der Waals surface area contributed by atoms with Crippen molar-refractivity contribution in [3.63, 3.8) is 0 Å². The van der Waals surface area contributed by atoms with Crippen molar-refractivity contribution in [2.24, 2.45) is 0 Å². The van der Waals surface area contributed by atoms with E-state index in [-0.39, 0.29) is 16.6 Å². The summed E-state index contributed by atoms with van der Waals surface area (Å²) >= 11 is 0. The van der Waals surface area contributed by atoms with Crippen molar-refractivity contribution < 1.29 is 61.5 Å². The SMILES string of the molecule is C[Si](C)(C)C#Cc1c2nc(c(C(F)(F)C(F)(F)C(F)(F)F)c3ccc([nH]3)c(C#C[Si](C)(C)C)c3ccc([nH]3)c(C(F)(F)C(F)(F)C(F)(F)F)c3nc1C=C3)C=C2. The molecule has 2 aliphatic rings. The molecule has 0 radical (unpaired) electrons. The lowest BCUT2D eigenvalue weighted by Gasteiger charge is -2.28. The van der Waals surface area contributed by atoms with Crippen LogP contribution >= 0.6 is 0 Å². The predicted molar refractivity (Wildman–Crippen MR) is 189 cm³/mol. The van der Waals surface area contributed by atoms with Gasteiger partial charge < -0.3 is 9.97 Å². The second kappa shape index (κ2) is 13.4. The Bertz CT molecular complexity index is 2310. The van der Waals surface area contributed by atoms with E-state index in [1.54, 1.807) is 39.3 Å². The van der Waals surface area contributed by atoms with Gasteiger partial charge >= 0.3 is 36.0 Å². The number of rotatable bonds is 4. The maximum Gasteiger partial charge on any atom is 0.460 e. The molecule has 3 aromatic heterocycles. The standard InChI is InChI=1S/C36H28F14N4Si2/c1-55(2,3)17-15-19-21-7-11-25(51-21)29(31(37,38)33(41,42)35(45,46)47)27-13-9-23(53-27)20(16-18-56(4,5)6)24-10-14-28(54-24)30(26-12-8-22(19)52-26)32(39,40)34(43,44)36(48,49)50/h7-14,51-52H,1-6H3. The Morgan fingerprint density at radius 1 is 0.446 bits per heavy atom. The first-order chi connectivity index (χ1) is 25.3. The van der Waals surface area contributed by atoms with Crippen LogP contribution in [-0.4, -0.2) is 60.3 Å². The lowest BCUT2D eigenvalue weighted by molar-refractivity contribution is -0.359. The summed E-state index contributed by atoms with van der Waals surface area (Å²) in [6.07, 6.45) is -10.4. The minimum atomic E-state index is -6.76. The maximum atomic E-state index is 15.8. The van der Waals surface area contributed by atoms with Crippen molar-refractivity contribution in [3.05, 3.63) is 69.3 Å². The van der Waals surface area contributed by atoms with Gasteiger partial charge in [0.2, 0.25) is 0 Å². The predicted octanol–water partition coefficient (Wildman–Crippen LogP) is 11.7. The molecule has 0 amide bonds. The molecule has 0 atom stereocenters. The molecule has 5 rings (SSSR count). The molecule has 0 spiro atoms. The molecule has 0 saturated heterocycles. The van der Waals surface area contributed by atoms with Gasteiger partial charge in [-0.25, -0.2) is 9.97 Å². The normalized spacial score (nSPS) is 14.4. The third-order valence-electron chi connectivity index (χ3n) is 8.01. The van der Waals surface area contributed by atoms with Gasteiger partial charge in [0.15, 0.2) is 0 Å². The van der Waals surface area contributed by atoms with Crippen LogP contribution in [0.1, 0.15) is 45.0 Å². The van der Waals surface area contributed by atoms with Gasteiger partial charge in [-0.15, -0.1) is 11.1 Å². The minimum Gasteiger partial charge on any atom is -0.354 e. The summed E-state index contributed by atoms with van der Waals surface area (Å²) in [7, 11) is -4.86. The topological polar surface area (TPSA) is 57.4 Å². The molecule has 56 heavy (non-hydrogen) atoms. The summed E-state index contributed by atoms with van der Waals surface area (Å²) in [4.78, 5) is 12.5. The van der Waals surface area contributed by atoms with Gasteiger partial charge in [-0.3, -0.25) is 0 Å². The Hall–Kier alpha value is -4.83. The van der Waals surface area contributed by atoms with Gasteiger partial charge in [-0.2, -0.15) is 61.5 Å². The number of alkyl halides is 14. The molecule has 0 unspecified atom stereocenters. The Morgan fingerprint density at radius 2 is 0.750 bits per heavy atom. The second-order valence-corrected chi connectivity index (χ2v) is 24.3. The molecule has 20 heteroatoms. The summed E-state index contributed by atoms with van der Waals surface area (Å²) < 4.78 is 204. The van der Waals surface area contributed by atoms with Crippen LogP contribution < -0.4 is 0 Å². The fourth-order valence-electron chi connectivity index (χ4n) is 5.30. The summed E-state index contributed by atoms with van der Waals surface area (Å²) in [5, 5.41) is 0. The van der Waals surface area contributed by atoms with Gasteiger partial charge in [-0.1, -0.05) is 51.1 Å². The number of fused-ring (bicyclic) bond motifs is 8. The number of H-pyrrole nitrogens is 2. The number of nitrogens with one attached hydrogen (secondary N) is 2. The first-order valence-corrected chi connectivity index (χ1v) is 23.2. The van der Waals surface area contributed by atoms with E-state index in [1.165, 1.54) is 0 Å². The van der Waals surface area contributed by atoms with Crippen molar-refractivity contribution in [1.82, 2.24) is 19.9 Å². The molecule has 8 bridgehead atoms. The Balaban J connectivity index is 2.12. The molecule has 2 aliphatic heterocycles. The van der Waals surface area contributed by atoms with Crippen molar-refractivity contribution in [1.29, 1.82) is 0 Å². The van der Waals surface area contributed by atoms with E-state index < -0.39 is 103 Å². The molecule has 4 nitrogen and oxygen atoms in total. The quantitative estimate of drug-likeness (QED) is 0.108. The fraction of sp³-hybridized carbons (Fsp3) is 0.333. The zero-order chi connectivity index (χ0) is 42.2. The van der Waals surface area contributed by atoms with E-state index in [2.05, 4.69) is 42.9 Å². The zero-order valence-electron chi connectivity index (χ0n) is 29.8. The number of halogens is 14. The maximum absolute atomic E-state index is 15.8. The van der Waals surface area contributed by atoms with Crippen LogP contribution in [-0.2, 0) is 11.8 Å². The van der Waals surface area contributed by atoms with Gasteiger partial charge in [-0.05, 0) is 48.6 Å². The van der Waals surface area contributed by atoms with E-state index >= 15 is 17.6 Å². The third-order valence-corrected chi connectivity index (χ3v) is 9.76. The summed E-state index contributed by atoms with van der Waals surface area (Å²) in [6, 6.07) is 3.31. The monoisotopic (exact) mass is 838 g/mol. The van der Waals surface area contributed by atoms with E-state index in [0.717, 1.165) is 24.3 Å². The Labute approximate surface area is 311 Å². The van der Waals surface area contributed by atoms with Crippen molar-refractivity contribution in [3.8, 4) is 22.9 Å². The number of aromatic nitrogens is 4. The molecule has 0 fully saturated rings. The highest BCUT2D eigenvalue weighted by molar-refractivity contribution is 6.84. The Kier molecular flexibility index (Phi) is 10.1. The highest BCUT2D eigenvalue weighted by atomic mass is 28.3. The van der Waals surface area contributed by atoms with Crippen molar-refractivity contribution in [2.75, 3.05) is 0 Å². The zero-order valence-corrected chi connectivity index (χ0v) is 31.8. The smallest absolute Gasteiger partial charge is 0.354 e. The fourth-order valence-corrected chi connectivity index (χ4v) is 6.30. The van der Waals surface area contributed by atoms with Crippen LogP contribution in [0.3, 0.4) is 0 Å². The van der Waals surface area contributed by atoms with Gasteiger partial charge in [0.1, 0.15) is 16.1 Å². The molecule has 298 valence electrons. The number of hydrogen-bond donors (Lipinski definition) is 2. The van der Waals surface area contributed by atoms with E-state index in [1.807, 2.05) is 0 Å². The van der Waals surface area contributed by atoms with E-state index in [9.17, 15) is 43.9 Å². The van der Waals surface area contributed by atoms with Crippen LogP contribution in [0.5, 0.6) is 0 Å². The first kappa shape index (κ1) is 42.3. The van der Waals surface area contributed by atoms with Crippen molar-refractivity contribution >= 4 is 62.5 Å². The van der Waals surface area contributed by atoms with E-state index in [0.29, 0.717) is 24.3 Å². The van der Waals surface area contributed by atoms with Gasteiger partial charge in [0, 0.05) is 0 Å². The number of nitrogens with zero attached hydrogens (tertiary/aromatic N) is 2. The number of hydrogen-bond acceptors (Lipinski definition) is 2. The third kappa shape index (κ3) is 7.52. The summed E-state index contributed by atoms with van der Waals surface area (Å²) in [6.45, 7) is 10.3. The molecular weight excluding hydrogens is 811 g/mol. The lowest BCUT2D eigenvalue weighted by atomic mass is 10.00. The highest BCUT2D eigenvalue weighted by Crippen LogP contribution is 2.55. The lowest BCUT2D eigenvalue weighted by Crippen LogP contribution is -2.50. The van der Waals surface area contributed by atoms with Crippen molar-refractivity contribution in [2.45, 2.75) is 75.3 Å². The summed E-state index contributed by atoms with van der Waals surface area (Å²) in [5.41, 5.74) is -4.92. The molecule has 0 aliphatic carbocycles. The molecular formula is C36H28F14N4Si2. The molecule has 0 saturated carbocycles. The summed E-state index contributed by atoms with van der Waals surface area (Å²) in [5.74, 6) is -20.0. The molecule has 3 aromatic rings. The largest absolute Gasteiger partial charge is 0.460 e. The van der Waals surface area contributed by atoms with Crippen LogP contribution in [0.25, 0.3) is 46.4 Å². The number of aromatic amines is 2. The minimum absolute atomic E-state index is 0.336. The van der Waals surface area contributed by atoms with Crippen LogP contribution in [0.4, 0.5) is 61.5 Å². The molecule has 0 aromatic carbocycles. The highest BCUT2D eigenvalue weighted by Gasteiger charge is 2.75. The Morgan fingerprint density at radius 3 is 1.07 bits per heavy atom. The van der Waals surface area contributed by atoms with Gasteiger partial charge in [0.05, 0.1) is 67.1 Å². The van der Waals surface area contributed by atoms with E-state index in [4.69, 9.17) is 0 Å². The van der Waals surface area contributed by atoms with Gasteiger partial charge in [0.25, 0.3) is 0 Å². The first-order valence-electron chi connectivity index (χ1n) is 16.2. The van der Waals surface area contributed by atoms with Crippen LogP contribution in [0.15, 0.2) is 24.3 Å². The average Bonchev–Trinajstić information content (AvgIpc) is 3.85. The molecule has 2 N–H and O–H groups in total. The second-order valence-electron chi connectivity index (χ2n) is 14.8. The average molecular weight is 839 g/mol.